The van der Waals surface area contributed by atoms with Crippen molar-refractivity contribution in [3.8, 4) is 0 Å². The summed E-state index contributed by atoms with van der Waals surface area (Å²) in [5.41, 5.74) is 7.31. The number of hydrogen-bond donors (Lipinski definition) is 2. The normalized spacial score (nSPS) is 11.6. The van der Waals surface area contributed by atoms with Gasteiger partial charge in [0.15, 0.2) is 5.69 Å². The Hall–Kier alpha value is -1.52. The topological polar surface area (TPSA) is 75.0 Å². The Morgan fingerprint density at radius 1 is 1.47 bits per heavy atom. The van der Waals surface area contributed by atoms with E-state index in [0.717, 1.165) is 18.5 Å². The van der Waals surface area contributed by atoms with Crippen molar-refractivity contribution < 1.29 is 4.79 Å². The number of carbonyl (C=O) groups excluding carboxylic acids is 1. The third kappa shape index (κ3) is 2.43. The predicted octanol–water partition coefficient (Wildman–Crippen LogP) is 1.81. The van der Waals surface area contributed by atoms with Gasteiger partial charge in [-0.3, -0.25) is 9.89 Å². The van der Waals surface area contributed by atoms with Gasteiger partial charge >= 0.3 is 0 Å². The third-order valence-electron chi connectivity index (χ3n) is 3.52. The summed E-state index contributed by atoms with van der Waals surface area (Å²) in [6.07, 6.45) is 1.62. The van der Waals surface area contributed by atoms with Crippen LogP contribution in [0.25, 0.3) is 0 Å². The summed E-state index contributed by atoms with van der Waals surface area (Å²) in [5, 5.41) is 6.82. The number of hydrogen-bond acceptors (Lipinski definition) is 3. The number of amides is 1. The Morgan fingerprint density at radius 3 is 2.47 bits per heavy atom. The van der Waals surface area contributed by atoms with Gasteiger partial charge in [0, 0.05) is 12.6 Å². The second-order valence-corrected chi connectivity index (χ2v) is 4.85. The minimum absolute atomic E-state index is 0.134. The molecule has 0 saturated heterocycles. The van der Waals surface area contributed by atoms with Crippen LogP contribution in [0.4, 0.5) is 5.69 Å². The maximum Gasteiger partial charge on any atom is 0.276 e. The molecule has 0 aromatic carbocycles. The Bertz CT molecular complexity index is 409. The van der Waals surface area contributed by atoms with Gasteiger partial charge in [0.05, 0.1) is 11.4 Å². The van der Waals surface area contributed by atoms with Crippen LogP contribution >= 0.6 is 0 Å². The van der Waals surface area contributed by atoms with E-state index >= 15 is 0 Å². The van der Waals surface area contributed by atoms with Gasteiger partial charge in [0.1, 0.15) is 0 Å². The van der Waals surface area contributed by atoms with Gasteiger partial charge in [-0.25, -0.2) is 0 Å². The molecule has 3 N–H and O–H groups in total. The average molecular weight is 238 g/mol. The molecule has 0 aliphatic rings. The molecule has 0 saturated carbocycles. The van der Waals surface area contributed by atoms with Crippen LogP contribution in [0.5, 0.6) is 0 Å². The van der Waals surface area contributed by atoms with Crippen molar-refractivity contribution in [2.24, 2.45) is 0 Å². The fourth-order valence-electron chi connectivity index (χ4n) is 1.49. The molecule has 0 aliphatic carbocycles. The van der Waals surface area contributed by atoms with Gasteiger partial charge in [-0.15, -0.1) is 0 Å². The highest BCUT2D eigenvalue weighted by Crippen LogP contribution is 2.22. The molecule has 1 aromatic heterocycles. The number of nitrogens with two attached hydrogens (primary N) is 1. The Kier molecular flexibility index (Phi) is 3.80. The Morgan fingerprint density at radius 2 is 2.06 bits per heavy atom. The lowest BCUT2D eigenvalue weighted by Crippen LogP contribution is -2.44. The van der Waals surface area contributed by atoms with Crippen LogP contribution in [0.3, 0.4) is 0 Å². The smallest absolute Gasteiger partial charge is 0.276 e. The van der Waals surface area contributed by atoms with Crippen molar-refractivity contribution in [2.75, 3.05) is 12.8 Å². The molecule has 0 fully saturated rings. The molecule has 0 bridgehead atoms. The monoisotopic (exact) mass is 238 g/mol. The molecule has 1 amide bonds. The molecule has 96 valence electrons. The van der Waals surface area contributed by atoms with Crippen molar-refractivity contribution in [2.45, 2.75) is 46.1 Å². The van der Waals surface area contributed by atoms with Crippen molar-refractivity contribution in [1.82, 2.24) is 15.1 Å². The van der Waals surface area contributed by atoms with E-state index in [0.29, 0.717) is 11.4 Å². The van der Waals surface area contributed by atoms with Crippen LogP contribution in [0.2, 0.25) is 0 Å². The van der Waals surface area contributed by atoms with Gasteiger partial charge in [-0.05, 0) is 26.7 Å². The fraction of sp³-hybridized carbons (Fsp3) is 0.667. The van der Waals surface area contributed by atoms with Crippen LogP contribution in [-0.2, 0) is 6.42 Å². The summed E-state index contributed by atoms with van der Waals surface area (Å²) in [6, 6.07) is 0. The van der Waals surface area contributed by atoms with Crippen molar-refractivity contribution in [1.29, 1.82) is 0 Å². The quantitative estimate of drug-likeness (QED) is 0.840. The largest absolute Gasteiger partial charge is 0.395 e. The summed E-state index contributed by atoms with van der Waals surface area (Å²) in [5.74, 6) is -0.134. The number of nitrogen functional groups attached to an aromatic ring is 1. The zero-order valence-corrected chi connectivity index (χ0v) is 11.3. The van der Waals surface area contributed by atoms with Gasteiger partial charge in [0.25, 0.3) is 5.91 Å². The first kappa shape index (κ1) is 13.5. The lowest BCUT2D eigenvalue weighted by molar-refractivity contribution is 0.0615. The molecule has 0 spiro atoms. The van der Waals surface area contributed by atoms with E-state index in [1.165, 1.54) is 0 Å². The average Bonchev–Trinajstić information content (AvgIpc) is 2.68. The van der Waals surface area contributed by atoms with Crippen LogP contribution < -0.4 is 5.73 Å². The molecular weight excluding hydrogens is 216 g/mol. The number of anilines is 1. The van der Waals surface area contributed by atoms with Gasteiger partial charge < -0.3 is 10.6 Å². The second-order valence-electron chi connectivity index (χ2n) is 4.85. The standard InChI is InChI=1S/C12H22N4O/c1-6-8-9(13)10(15-14-8)11(17)16(5)12(3,4)7-2/h6-7,13H2,1-5H3,(H,14,15). The van der Waals surface area contributed by atoms with E-state index in [4.69, 9.17) is 5.73 Å². The van der Waals surface area contributed by atoms with E-state index < -0.39 is 0 Å². The van der Waals surface area contributed by atoms with E-state index in [1.54, 1.807) is 11.9 Å². The molecular formula is C12H22N4O. The highest BCUT2D eigenvalue weighted by Gasteiger charge is 2.29. The molecule has 0 atom stereocenters. The highest BCUT2D eigenvalue weighted by atomic mass is 16.2. The number of carbonyl (C=O) groups is 1. The van der Waals surface area contributed by atoms with Crippen LogP contribution in [0.1, 0.15) is 50.3 Å². The maximum atomic E-state index is 12.3. The number of H-pyrrole nitrogens is 1. The van der Waals surface area contributed by atoms with E-state index in [-0.39, 0.29) is 11.4 Å². The summed E-state index contributed by atoms with van der Waals surface area (Å²) in [6.45, 7) is 8.07. The second kappa shape index (κ2) is 4.77. The zero-order valence-electron chi connectivity index (χ0n) is 11.3. The van der Waals surface area contributed by atoms with E-state index in [9.17, 15) is 4.79 Å². The third-order valence-corrected chi connectivity index (χ3v) is 3.52. The highest BCUT2D eigenvalue weighted by molar-refractivity contribution is 5.97. The lowest BCUT2D eigenvalue weighted by Gasteiger charge is -2.34. The van der Waals surface area contributed by atoms with Crippen molar-refractivity contribution in [3.05, 3.63) is 11.4 Å². The minimum atomic E-state index is -0.200. The number of nitrogens with zero attached hydrogens (tertiary/aromatic N) is 2. The Labute approximate surface area is 102 Å². The number of aromatic amines is 1. The molecule has 1 aromatic rings. The molecule has 0 radical (unpaired) electrons. The molecule has 17 heavy (non-hydrogen) atoms. The zero-order chi connectivity index (χ0) is 13.2. The number of aryl methyl sites for hydroxylation is 1. The maximum absolute atomic E-state index is 12.3. The van der Waals surface area contributed by atoms with Crippen molar-refractivity contribution in [3.63, 3.8) is 0 Å². The summed E-state index contributed by atoms with van der Waals surface area (Å²) < 4.78 is 0. The predicted molar refractivity (Wildman–Crippen MR) is 68.8 cm³/mol. The summed E-state index contributed by atoms with van der Waals surface area (Å²) in [4.78, 5) is 14.0. The molecule has 1 rings (SSSR count). The first-order valence-electron chi connectivity index (χ1n) is 5.96. The summed E-state index contributed by atoms with van der Waals surface area (Å²) in [7, 11) is 1.78. The first-order valence-corrected chi connectivity index (χ1v) is 5.96. The number of nitrogens with one attached hydrogen (secondary N) is 1. The number of rotatable bonds is 4. The molecule has 0 aliphatic heterocycles. The molecule has 1 heterocycles. The number of aromatic nitrogens is 2. The fourth-order valence-corrected chi connectivity index (χ4v) is 1.49. The lowest BCUT2D eigenvalue weighted by atomic mass is 9.99. The van der Waals surface area contributed by atoms with E-state index in [2.05, 4.69) is 17.1 Å². The first-order chi connectivity index (χ1) is 7.85. The van der Waals surface area contributed by atoms with E-state index in [1.807, 2.05) is 20.8 Å². The van der Waals surface area contributed by atoms with Gasteiger partial charge in [0.2, 0.25) is 0 Å². The molecule has 5 heteroatoms. The van der Waals surface area contributed by atoms with Gasteiger partial charge in [-0.2, -0.15) is 5.10 Å². The minimum Gasteiger partial charge on any atom is -0.395 e. The molecule has 5 nitrogen and oxygen atoms in total. The van der Waals surface area contributed by atoms with Crippen molar-refractivity contribution >= 4 is 11.6 Å². The SMILES string of the molecule is CCc1[nH]nc(C(=O)N(C)C(C)(C)CC)c1N. The van der Waals surface area contributed by atoms with Gasteiger partial charge in [-0.1, -0.05) is 13.8 Å². The van der Waals surface area contributed by atoms with Crippen LogP contribution in [-0.4, -0.2) is 33.6 Å². The summed E-state index contributed by atoms with van der Waals surface area (Å²) >= 11 is 0. The van der Waals surface area contributed by atoms with Crippen LogP contribution in [0.15, 0.2) is 0 Å². The van der Waals surface area contributed by atoms with Crippen LogP contribution in [0, 0.1) is 0 Å². The molecule has 0 unspecified atom stereocenters. The Balaban J connectivity index is 3.01.